The molecular formula is C27H35NO14. The van der Waals surface area contributed by atoms with Crippen molar-refractivity contribution < 1.29 is 67.0 Å². The third-order valence-electron chi connectivity index (χ3n) is 5.96. The van der Waals surface area contributed by atoms with Crippen LogP contribution in [-0.4, -0.2) is 97.4 Å². The number of aliphatic carboxylic acids is 1. The Morgan fingerprint density at radius 1 is 0.976 bits per heavy atom. The highest BCUT2D eigenvalue weighted by Gasteiger charge is 2.58. The molecule has 42 heavy (non-hydrogen) atoms. The Hall–Kier alpha value is -4.08. The molecule has 0 aliphatic carbocycles. The zero-order chi connectivity index (χ0) is 31.4. The molecule has 2 rings (SSSR count). The summed E-state index contributed by atoms with van der Waals surface area (Å²) in [6.45, 7) is 3.17. The molecule has 1 fully saturated rings. The van der Waals surface area contributed by atoms with Crippen molar-refractivity contribution in [3.8, 4) is 0 Å². The van der Waals surface area contributed by atoms with Crippen LogP contribution < -0.4 is 5.32 Å². The van der Waals surface area contributed by atoms with Gasteiger partial charge in [-0.1, -0.05) is 30.3 Å². The number of benzene rings is 1. The van der Waals surface area contributed by atoms with Crippen molar-refractivity contribution in [1.82, 2.24) is 5.32 Å². The lowest BCUT2D eigenvalue weighted by molar-refractivity contribution is -0.306. The van der Waals surface area contributed by atoms with Gasteiger partial charge in [-0.3, -0.25) is 24.0 Å². The number of ether oxygens (including phenoxy) is 7. The number of nitrogens with one attached hydrogen (secondary N) is 1. The number of hydrogen-bond acceptors (Lipinski definition) is 13. The molecule has 1 aromatic rings. The van der Waals surface area contributed by atoms with E-state index in [0.29, 0.717) is 0 Å². The highest BCUT2D eigenvalue weighted by molar-refractivity contribution is 5.79. The van der Waals surface area contributed by atoms with Crippen LogP contribution in [0.25, 0.3) is 0 Å². The minimum absolute atomic E-state index is 0.0883. The zero-order valence-corrected chi connectivity index (χ0v) is 23.9. The molecule has 1 aliphatic rings. The van der Waals surface area contributed by atoms with Gasteiger partial charge in [0.25, 0.3) is 5.79 Å². The second-order valence-electron chi connectivity index (χ2n) is 9.29. The van der Waals surface area contributed by atoms with Gasteiger partial charge in [0.2, 0.25) is 5.91 Å². The molecule has 0 unspecified atom stereocenters. The molecule has 0 bridgehead atoms. The lowest BCUT2D eigenvalue weighted by Crippen LogP contribution is -2.69. The number of carbonyl (C=O) groups excluding carboxylic acids is 5. The predicted octanol–water partition coefficient (Wildman–Crippen LogP) is 0.262. The topological polar surface area (TPSA) is 199 Å². The Morgan fingerprint density at radius 2 is 1.62 bits per heavy atom. The largest absolute Gasteiger partial charge is 0.477 e. The third kappa shape index (κ3) is 10.1. The molecule has 1 aliphatic heterocycles. The molecule has 232 valence electrons. The second kappa shape index (κ2) is 15.8. The Morgan fingerprint density at radius 3 is 2.14 bits per heavy atom. The summed E-state index contributed by atoms with van der Waals surface area (Å²) in [6.07, 6.45) is -6.96. The predicted molar refractivity (Wildman–Crippen MR) is 138 cm³/mol. The number of hydrogen-bond donors (Lipinski definition) is 2. The monoisotopic (exact) mass is 597 g/mol. The highest BCUT2D eigenvalue weighted by atomic mass is 16.7. The first-order chi connectivity index (χ1) is 19.8. The summed E-state index contributed by atoms with van der Waals surface area (Å²) in [5.74, 6) is -8.22. The fourth-order valence-electron chi connectivity index (χ4n) is 4.29. The first kappa shape index (κ1) is 34.1. The van der Waals surface area contributed by atoms with E-state index in [1.807, 2.05) is 6.07 Å². The summed E-state index contributed by atoms with van der Waals surface area (Å²) in [6, 6.07) is 7.58. The van der Waals surface area contributed by atoms with E-state index in [-0.39, 0.29) is 6.61 Å². The molecule has 1 aromatic carbocycles. The molecule has 1 amide bonds. The molecule has 1 heterocycles. The summed E-state index contributed by atoms with van der Waals surface area (Å²) in [4.78, 5) is 73.1. The van der Waals surface area contributed by atoms with Crippen LogP contribution in [0.5, 0.6) is 0 Å². The van der Waals surface area contributed by atoms with Gasteiger partial charge >= 0.3 is 29.8 Å². The van der Waals surface area contributed by atoms with Gasteiger partial charge in [0.15, 0.2) is 12.2 Å². The van der Waals surface area contributed by atoms with Crippen LogP contribution in [0.2, 0.25) is 0 Å². The van der Waals surface area contributed by atoms with Crippen molar-refractivity contribution in [3.05, 3.63) is 35.9 Å². The lowest BCUT2D eigenvalue weighted by Gasteiger charge is -2.47. The summed E-state index contributed by atoms with van der Waals surface area (Å²) in [7, 11) is 1.02. The number of carboxylic acid groups (broad SMARTS) is 1. The number of carbonyl (C=O) groups is 6. The minimum Gasteiger partial charge on any atom is -0.477 e. The number of amides is 1. The van der Waals surface area contributed by atoms with Crippen LogP contribution >= 0.6 is 0 Å². The Balaban J connectivity index is 2.52. The van der Waals surface area contributed by atoms with Crippen molar-refractivity contribution in [2.45, 2.75) is 77.0 Å². The van der Waals surface area contributed by atoms with Crippen LogP contribution in [0.3, 0.4) is 0 Å². The van der Waals surface area contributed by atoms with E-state index in [1.165, 1.54) is 0 Å². The Labute approximate surface area is 241 Å². The SMILES string of the molecule is CO[C@]1(C(=O)O)C[C@H](OC(C)=O)[C@@H](NC(=O)COCc2ccccc2)[C@H]([C@H](OC(C)=O)[C@@H](COC(C)=O)OC(C)=O)O1. The summed E-state index contributed by atoms with van der Waals surface area (Å²) >= 11 is 0. The van der Waals surface area contributed by atoms with Crippen molar-refractivity contribution in [3.63, 3.8) is 0 Å². The Kier molecular flexibility index (Phi) is 12.8. The van der Waals surface area contributed by atoms with E-state index in [4.69, 9.17) is 33.2 Å². The quantitative estimate of drug-likeness (QED) is 0.219. The second-order valence-corrected chi connectivity index (χ2v) is 9.29. The van der Waals surface area contributed by atoms with Crippen LogP contribution in [0.4, 0.5) is 0 Å². The molecule has 0 radical (unpaired) electrons. The molecule has 0 saturated carbocycles. The number of methoxy groups -OCH3 is 1. The van der Waals surface area contributed by atoms with Crippen molar-refractivity contribution in [1.29, 1.82) is 0 Å². The standard InChI is InChI=1S/C27H35NO14/c1-15(29)38-13-21(40-17(3)31)24(41-18(4)32)25-23(28-22(33)14-37-12-19-9-7-6-8-10-19)20(39-16(2)30)11-27(36-5,42-25)26(34)35/h6-10,20-21,23-25H,11-14H2,1-5H3,(H,28,33)(H,34,35)/t20-,21+,23+,24+,25+,27+/m0/s1. The van der Waals surface area contributed by atoms with E-state index in [9.17, 15) is 33.9 Å². The van der Waals surface area contributed by atoms with E-state index >= 15 is 0 Å². The molecule has 1 saturated heterocycles. The van der Waals surface area contributed by atoms with Gasteiger partial charge in [-0.05, 0) is 5.56 Å². The maximum Gasteiger partial charge on any atom is 0.364 e. The lowest BCUT2D eigenvalue weighted by atomic mass is 9.88. The minimum atomic E-state index is -2.46. The van der Waals surface area contributed by atoms with E-state index in [1.54, 1.807) is 24.3 Å². The van der Waals surface area contributed by atoms with Crippen molar-refractivity contribution in [2.24, 2.45) is 0 Å². The molecule has 0 aromatic heterocycles. The first-order valence-corrected chi connectivity index (χ1v) is 12.8. The number of carboxylic acids is 1. The number of rotatable bonds is 14. The van der Waals surface area contributed by atoms with Gasteiger partial charge in [0.1, 0.15) is 25.4 Å². The molecule has 0 spiro atoms. The van der Waals surface area contributed by atoms with Crippen molar-refractivity contribution in [2.75, 3.05) is 20.3 Å². The van der Waals surface area contributed by atoms with Crippen LogP contribution in [0, 0.1) is 0 Å². The van der Waals surface area contributed by atoms with Crippen molar-refractivity contribution >= 4 is 35.8 Å². The van der Waals surface area contributed by atoms with Gasteiger partial charge in [0, 0.05) is 34.8 Å². The van der Waals surface area contributed by atoms with E-state index in [2.05, 4.69) is 5.32 Å². The van der Waals surface area contributed by atoms with E-state index < -0.39 is 91.6 Å². The summed E-state index contributed by atoms with van der Waals surface area (Å²) in [5.41, 5.74) is 0.790. The number of esters is 4. The molecule has 2 N–H and O–H groups in total. The van der Waals surface area contributed by atoms with Crippen LogP contribution in [-0.2, 0) is 68.5 Å². The molecule has 15 heteroatoms. The summed E-state index contributed by atoms with van der Waals surface area (Å²) < 4.78 is 37.5. The normalized spacial score (nSPS) is 23.0. The first-order valence-electron chi connectivity index (χ1n) is 12.8. The highest BCUT2D eigenvalue weighted by Crippen LogP contribution is 2.36. The van der Waals surface area contributed by atoms with Gasteiger partial charge in [-0.2, -0.15) is 0 Å². The molecule has 15 nitrogen and oxygen atoms in total. The zero-order valence-electron chi connectivity index (χ0n) is 23.9. The summed E-state index contributed by atoms with van der Waals surface area (Å²) in [5, 5.41) is 12.6. The fourth-order valence-corrected chi connectivity index (χ4v) is 4.29. The average Bonchev–Trinajstić information content (AvgIpc) is 2.90. The van der Waals surface area contributed by atoms with Gasteiger partial charge in [-0.15, -0.1) is 0 Å². The molecular weight excluding hydrogens is 562 g/mol. The average molecular weight is 598 g/mol. The smallest absolute Gasteiger partial charge is 0.364 e. The van der Waals surface area contributed by atoms with Gasteiger partial charge in [-0.25, -0.2) is 4.79 Å². The van der Waals surface area contributed by atoms with Gasteiger partial charge < -0.3 is 43.6 Å². The van der Waals surface area contributed by atoms with Crippen LogP contribution in [0.15, 0.2) is 30.3 Å². The Bertz CT molecular complexity index is 1130. The van der Waals surface area contributed by atoms with Gasteiger partial charge in [0.05, 0.1) is 19.1 Å². The van der Waals surface area contributed by atoms with Crippen LogP contribution in [0.1, 0.15) is 39.7 Å². The third-order valence-corrected chi connectivity index (χ3v) is 5.96. The fraction of sp³-hybridized carbons (Fsp3) is 0.556. The van der Waals surface area contributed by atoms with E-state index in [0.717, 1.165) is 40.4 Å². The molecule has 6 atom stereocenters. The maximum absolute atomic E-state index is 13.0. The maximum atomic E-state index is 13.0.